The van der Waals surface area contributed by atoms with Crippen LogP contribution in [-0.4, -0.2) is 12.4 Å². The van der Waals surface area contributed by atoms with E-state index in [0.717, 1.165) is 5.46 Å². The van der Waals surface area contributed by atoms with Gasteiger partial charge in [0.1, 0.15) is 7.85 Å². The second-order valence-corrected chi connectivity index (χ2v) is 9.63. The van der Waals surface area contributed by atoms with Gasteiger partial charge >= 0.3 is 0 Å². The second kappa shape index (κ2) is 5.76. The summed E-state index contributed by atoms with van der Waals surface area (Å²) in [5, 5.41) is 2.47. The molecule has 0 aliphatic heterocycles. The van der Waals surface area contributed by atoms with E-state index in [1.165, 1.54) is 51.5 Å². The van der Waals surface area contributed by atoms with Crippen molar-refractivity contribution < 1.29 is 0 Å². The molecule has 0 amide bonds. The van der Waals surface area contributed by atoms with Crippen LogP contribution in [-0.2, 0) is 10.8 Å². The smallest absolute Gasteiger partial charge is 0.113 e. The highest BCUT2D eigenvalue weighted by molar-refractivity contribution is 6.33. The van der Waals surface area contributed by atoms with E-state index in [1.54, 1.807) is 0 Å². The number of hydrogen-bond acceptors (Lipinski definition) is 0. The molecular formula is C26H26BN. The van der Waals surface area contributed by atoms with Crippen molar-refractivity contribution in [1.29, 1.82) is 0 Å². The number of para-hydroxylation sites is 1. The summed E-state index contributed by atoms with van der Waals surface area (Å²) in [7, 11) is 6.11. The first kappa shape index (κ1) is 17.6. The Balaban J connectivity index is 1.84. The summed E-state index contributed by atoms with van der Waals surface area (Å²) in [6.45, 7) is 9.53. The highest BCUT2D eigenvalue weighted by Gasteiger charge is 2.37. The molecule has 4 aromatic rings. The predicted octanol–water partition coefficient (Wildman–Crippen LogP) is 5.93. The lowest BCUT2D eigenvalue weighted by Gasteiger charge is -2.42. The van der Waals surface area contributed by atoms with Crippen LogP contribution in [0.2, 0.25) is 0 Å². The predicted molar refractivity (Wildman–Crippen MR) is 121 cm³/mol. The van der Waals surface area contributed by atoms with Gasteiger partial charge in [-0.15, -0.1) is 0 Å². The topological polar surface area (TPSA) is 4.93 Å². The Hall–Kier alpha value is -2.48. The van der Waals surface area contributed by atoms with Crippen LogP contribution >= 0.6 is 0 Å². The van der Waals surface area contributed by atoms with Crippen LogP contribution in [0.3, 0.4) is 0 Å². The first-order valence-corrected chi connectivity index (χ1v) is 10.2. The van der Waals surface area contributed by atoms with Gasteiger partial charge in [0.15, 0.2) is 0 Å². The Labute approximate surface area is 168 Å². The molecule has 2 heteroatoms. The van der Waals surface area contributed by atoms with Crippen LogP contribution in [0.15, 0.2) is 60.7 Å². The zero-order valence-corrected chi connectivity index (χ0v) is 17.2. The molecule has 1 aliphatic carbocycles. The summed E-state index contributed by atoms with van der Waals surface area (Å²) in [4.78, 5) is 0. The van der Waals surface area contributed by atoms with Crippen molar-refractivity contribution in [3.05, 3.63) is 71.8 Å². The number of rotatable bonds is 1. The molecule has 138 valence electrons. The lowest BCUT2D eigenvalue weighted by Crippen LogP contribution is -2.33. The van der Waals surface area contributed by atoms with Crippen LogP contribution in [0.4, 0.5) is 0 Å². The van der Waals surface area contributed by atoms with Crippen LogP contribution in [0.1, 0.15) is 51.7 Å². The zero-order chi connectivity index (χ0) is 19.7. The molecule has 1 nitrogen and oxygen atoms in total. The van der Waals surface area contributed by atoms with E-state index >= 15 is 0 Å². The third-order valence-corrected chi connectivity index (χ3v) is 6.79. The van der Waals surface area contributed by atoms with Gasteiger partial charge in [0, 0.05) is 16.5 Å². The minimum atomic E-state index is 0.198. The van der Waals surface area contributed by atoms with Gasteiger partial charge in [-0.05, 0) is 59.1 Å². The highest BCUT2D eigenvalue weighted by atomic mass is 15.0. The summed E-state index contributed by atoms with van der Waals surface area (Å²) < 4.78 is 2.39. The van der Waals surface area contributed by atoms with Crippen LogP contribution in [0.5, 0.6) is 0 Å². The van der Waals surface area contributed by atoms with Crippen molar-refractivity contribution in [1.82, 2.24) is 4.57 Å². The van der Waals surface area contributed by atoms with Gasteiger partial charge in [-0.25, -0.2) is 0 Å². The molecule has 0 spiro atoms. The minimum absolute atomic E-state index is 0.198. The molecule has 5 rings (SSSR count). The molecule has 0 saturated heterocycles. The van der Waals surface area contributed by atoms with Gasteiger partial charge in [0.25, 0.3) is 0 Å². The third kappa shape index (κ3) is 2.47. The normalized spacial score (nSPS) is 17.7. The molecule has 0 fully saturated rings. The zero-order valence-electron chi connectivity index (χ0n) is 17.2. The first-order chi connectivity index (χ1) is 13.3. The molecule has 0 atom stereocenters. The van der Waals surface area contributed by atoms with Crippen molar-refractivity contribution in [3.63, 3.8) is 0 Å². The van der Waals surface area contributed by atoms with Gasteiger partial charge in [-0.2, -0.15) is 0 Å². The summed E-state index contributed by atoms with van der Waals surface area (Å²) >= 11 is 0. The van der Waals surface area contributed by atoms with Crippen LogP contribution < -0.4 is 5.46 Å². The maximum absolute atomic E-state index is 6.11. The van der Waals surface area contributed by atoms with E-state index in [-0.39, 0.29) is 10.8 Å². The molecule has 1 heterocycles. The van der Waals surface area contributed by atoms with E-state index in [1.807, 2.05) is 6.07 Å². The Morgan fingerprint density at radius 2 is 1.39 bits per heavy atom. The molecule has 0 unspecified atom stereocenters. The van der Waals surface area contributed by atoms with E-state index in [2.05, 4.69) is 86.9 Å². The molecule has 2 radical (unpaired) electrons. The summed E-state index contributed by atoms with van der Waals surface area (Å²) in [6.07, 6.45) is 2.46. The average molecular weight is 363 g/mol. The van der Waals surface area contributed by atoms with Gasteiger partial charge in [-0.3, -0.25) is 0 Å². The lowest BCUT2D eigenvalue weighted by atomic mass is 9.63. The van der Waals surface area contributed by atoms with Crippen molar-refractivity contribution in [2.45, 2.75) is 51.4 Å². The number of aromatic nitrogens is 1. The average Bonchev–Trinajstić information content (AvgIpc) is 2.99. The van der Waals surface area contributed by atoms with Gasteiger partial charge in [0.05, 0.1) is 11.0 Å². The quantitative estimate of drug-likeness (QED) is 0.370. The standard InChI is InChI=1S/C26H26BN/c1-25(2)13-14-26(3,4)22-16-18(10-11-21(22)25)28-23-8-6-5-7-19(23)20-15-17(27)9-12-24(20)28/h5-12,15-16H,13-14H2,1-4H3. The Kier molecular flexibility index (Phi) is 3.63. The Morgan fingerprint density at radius 3 is 2.18 bits per heavy atom. The van der Waals surface area contributed by atoms with Gasteiger partial charge in [-0.1, -0.05) is 69.6 Å². The first-order valence-electron chi connectivity index (χ1n) is 10.2. The largest absolute Gasteiger partial charge is 0.309 e. The number of hydrogen-bond donors (Lipinski definition) is 0. The third-order valence-electron chi connectivity index (χ3n) is 6.79. The maximum atomic E-state index is 6.11. The van der Waals surface area contributed by atoms with Gasteiger partial charge in [0.2, 0.25) is 0 Å². The molecule has 1 aliphatic rings. The lowest BCUT2D eigenvalue weighted by molar-refractivity contribution is 0.332. The Morgan fingerprint density at radius 1 is 0.714 bits per heavy atom. The van der Waals surface area contributed by atoms with E-state index in [4.69, 9.17) is 7.85 Å². The maximum Gasteiger partial charge on any atom is 0.113 e. The molecule has 0 bridgehead atoms. The molecule has 3 aromatic carbocycles. The summed E-state index contributed by atoms with van der Waals surface area (Å²) in [5.74, 6) is 0. The van der Waals surface area contributed by atoms with Crippen LogP contribution in [0, 0.1) is 0 Å². The van der Waals surface area contributed by atoms with E-state index in [9.17, 15) is 0 Å². The number of nitrogens with zero attached hydrogens (tertiary/aromatic N) is 1. The summed E-state index contributed by atoms with van der Waals surface area (Å²) in [6, 6.07) is 22.0. The fourth-order valence-electron chi connectivity index (χ4n) is 4.98. The number of fused-ring (bicyclic) bond motifs is 4. The SMILES string of the molecule is [B]c1ccc2c(c1)c1ccccc1n2-c1ccc2c(c1)C(C)(C)CCC2(C)C. The Bertz CT molecular complexity index is 1230. The minimum Gasteiger partial charge on any atom is -0.309 e. The van der Waals surface area contributed by atoms with Crippen molar-refractivity contribution in [2.24, 2.45) is 0 Å². The monoisotopic (exact) mass is 363 g/mol. The van der Waals surface area contributed by atoms with Crippen molar-refractivity contribution in [2.75, 3.05) is 0 Å². The van der Waals surface area contributed by atoms with E-state index in [0.29, 0.717) is 0 Å². The van der Waals surface area contributed by atoms with Crippen molar-refractivity contribution in [3.8, 4) is 5.69 Å². The van der Waals surface area contributed by atoms with Crippen LogP contribution in [0.25, 0.3) is 27.5 Å². The number of benzene rings is 3. The molecule has 28 heavy (non-hydrogen) atoms. The fraction of sp³-hybridized carbons (Fsp3) is 0.308. The molecule has 0 N–H and O–H groups in total. The van der Waals surface area contributed by atoms with E-state index < -0.39 is 0 Å². The molecule has 1 aromatic heterocycles. The molecular weight excluding hydrogens is 337 g/mol. The van der Waals surface area contributed by atoms with Gasteiger partial charge < -0.3 is 4.57 Å². The summed E-state index contributed by atoms with van der Waals surface area (Å²) in [5.41, 5.74) is 7.91. The fourth-order valence-corrected chi connectivity index (χ4v) is 4.98. The second-order valence-electron chi connectivity index (χ2n) is 9.63. The highest BCUT2D eigenvalue weighted by Crippen LogP contribution is 2.46. The molecule has 0 saturated carbocycles. The van der Waals surface area contributed by atoms with Crippen molar-refractivity contribution >= 4 is 35.1 Å².